The predicted molar refractivity (Wildman–Crippen MR) is 176 cm³/mol. The second-order valence-electron chi connectivity index (χ2n) is 13.1. The van der Waals surface area contributed by atoms with Gasteiger partial charge >= 0.3 is 0 Å². The van der Waals surface area contributed by atoms with E-state index in [2.05, 4.69) is 21.9 Å². The Morgan fingerprint density at radius 2 is 1.48 bits per heavy atom. The first-order valence-corrected chi connectivity index (χ1v) is 15.4. The van der Waals surface area contributed by atoms with Gasteiger partial charge in [0, 0.05) is 35.5 Å². The molecule has 2 aromatic rings. The number of nitrogens with zero attached hydrogens (tertiary/aromatic N) is 1. The fourth-order valence-electron chi connectivity index (χ4n) is 4.44. The highest BCUT2D eigenvalue weighted by Gasteiger charge is 2.41. The number of carbonyl (C=O) groups excluding carboxylic acids is 3. The van der Waals surface area contributed by atoms with Gasteiger partial charge in [0.05, 0.1) is 6.04 Å². The van der Waals surface area contributed by atoms with Crippen molar-refractivity contribution in [1.29, 1.82) is 0 Å². The molecule has 0 aliphatic heterocycles. The minimum atomic E-state index is -0.933. The van der Waals surface area contributed by atoms with Gasteiger partial charge in [-0.2, -0.15) is 0 Å². The van der Waals surface area contributed by atoms with Crippen LogP contribution in [0.15, 0.2) is 59.5 Å². The Labute approximate surface area is 266 Å². The van der Waals surface area contributed by atoms with Gasteiger partial charge in [-0.05, 0) is 74.0 Å². The summed E-state index contributed by atoms with van der Waals surface area (Å²) in [5.74, 6) is -1.82. The molecule has 7 nitrogen and oxygen atoms in total. The quantitative estimate of drug-likeness (QED) is 0.204. The summed E-state index contributed by atoms with van der Waals surface area (Å²) < 4.78 is 30.3. The van der Waals surface area contributed by atoms with Crippen molar-refractivity contribution in [2.75, 3.05) is 20.6 Å². The van der Waals surface area contributed by atoms with E-state index in [4.69, 9.17) is 0 Å². The second kappa shape index (κ2) is 16.7. The number of amides is 3. The van der Waals surface area contributed by atoms with E-state index in [9.17, 15) is 23.2 Å². The largest absolute Gasteiger partial charge is 0.344 e. The van der Waals surface area contributed by atoms with Crippen LogP contribution in [0.4, 0.5) is 8.78 Å². The van der Waals surface area contributed by atoms with Gasteiger partial charge in [-0.3, -0.25) is 19.1 Å². The van der Waals surface area contributed by atoms with Gasteiger partial charge in [0.2, 0.25) is 11.8 Å². The average molecular weight is 633 g/mol. The molecular weight excluding hydrogens is 582 g/mol. The predicted octanol–water partition coefficient (Wildman–Crippen LogP) is 6.17. The van der Waals surface area contributed by atoms with Crippen LogP contribution in [-0.2, 0) is 19.8 Å². The number of likely N-dealkylation sites (N-methyl/N-ethyl adjacent to an activating group) is 2. The molecule has 2 unspecified atom stereocenters. The SMILES string of the molecule is C=C(C)C(=O)NSc1ccc(C)cc1.CNC(C(=O)NC(C(=O)N(C)CC(C)C)C(C)(C)C)C(C)(C)c1cc(F)cc(F)c1. The molecule has 44 heavy (non-hydrogen) atoms. The van der Waals surface area contributed by atoms with Crippen molar-refractivity contribution in [3.63, 3.8) is 0 Å². The summed E-state index contributed by atoms with van der Waals surface area (Å²) >= 11 is 1.31. The highest BCUT2D eigenvalue weighted by molar-refractivity contribution is 7.98. The number of hydrogen-bond donors (Lipinski definition) is 3. The zero-order chi connectivity index (χ0) is 34.0. The van der Waals surface area contributed by atoms with E-state index in [1.165, 1.54) is 29.6 Å². The average Bonchev–Trinajstić information content (AvgIpc) is 2.89. The van der Waals surface area contributed by atoms with Gasteiger partial charge in [0.25, 0.3) is 5.91 Å². The van der Waals surface area contributed by atoms with Gasteiger partial charge in [0.1, 0.15) is 17.7 Å². The maximum Gasteiger partial charge on any atom is 0.256 e. The molecular formula is C34H50F2N4O3S. The number of carbonyl (C=O) groups is 3. The van der Waals surface area contributed by atoms with Gasteiger partial charge in [0.15, 0.2) is 0 Å². The highest BCUT2D eigenvalue weighted by Crippen LogP contribution is 2.30. The van der Waals surface area contributed by atoms with Crippen LogP contribution in [0.3, 0.4) is 0 Å². The molecule has 0 aliphatic rings. The molecule has 0 aliphatic carbocycles. The fraction of sp³-hybridized carbons (Fsp3) is 0.500. The highest BCUT2D eigenvalue weighted by atomic mass is 32.2. The second-order valence-corrected chi connectivity index (χ2v) is 14.0. The van der Waals surface area contributed by atoms with E-state index in [0.29, 0.717) is 23.6 Å². The van der Waals surface area contributed by atoms with Gasteiger partial charge < -0.3 is 15.5 Å². The first kappa shape index (κ1) is 38.8. The molecule has 2 aromatic carbocycles. The van der Waals surface area contributed by atoms with Crippen molar-refractivity contribution in [2.45, 2.75) is 84.7 Å². The first-order chi connectivity index (χ1) is 20.2. The summed E-state index contributed by atoms with van der Waals surface area (Å²) in [6.07, 6.45) is 0. The van der Waals surface area contributed by atoms with E-state index in [0.717, 1.165) is 11.0 Å². The smallest absolute Gasteiger partial charge is 0.256 e. The number of halogens is 2. The van der Waals surface area contributed by atoms with Gasteiger partial charge in [-0.1, -0.05) is 72.7 Å². The van der Waals surface area contributed by atoms with Crippen molar-refractivity contribution in [1.82, 2.24) is 20.3 Å². The molecule has 0 bridgehead atoms. The molecule has 0 fully saturated rings. The molecule has 0 spiro atoms. The lowest BCUT2D eigenvalue weighted by Crippen LogP contribution is -2.61. The topological polar surface area (TPSA) is 90.5 Å². The van der Waals surface area contributed by atoms with Gasteiger partial charge in [-0.25, -0.2) is 8.78 Å². The number of aryl methyl sites for hydroxylation is 1. The maximum absolute atomic E-state index is 13.8. The molecule has 0 heterocycles. The standard InChI is InChI=1S/C23H37F2N3O2.C11H13NOS/c1-14(2)13-28(9)21(30)19(22(3,4)5)27-20(29)18(26-8)23(6,7)15-10-16(24)12-17(25)11-15;1-8(2)11(13)12-14-10-6-4-9(3)5-7-10/h10-12,14,18-19,26H,13H2,1-9H3,(H,27,29);4-7H,1H2,2-3H3,(H,12,13). The van der Waals surface area contributed by atoms with Crippen molar-refractivity contribution < 1.29 is 23.2 Å². The number of benzene rings is 2. The molecule has 0 aromatic heterocycles. The Bertz CT molecular complexity index is 1270. The Morgan fingerprint density at radius 3 is 1.91 bits per heavy atom. The third-order valence-electron chi connectivity index (χ3n) is 6.96. The Hall–Kier alpha value is -3.24. The number of hydrogen-bond acceptors (Lipinski definition) is 5. The van der Waals surface area contributed by atoms with E-state index in [1.807, 2.05) is 65.8 Å². The molecule has 2 atom stereocenters. The summed E-state index contributed by atoms with van der Waals surface area (Å²) in [4.78, 5) is 40.1. The van der Waals surface area contributed by atoms with E-state index in [1.54, 1.807) is 39.8 Å². The van der Waals surface area contributed by atoms with Crippen LogP contribution in [0.1, 0.15) is 66.5 Å². The summed E-state index contributed by atoms with van der Waals surface area (Å²) in [5, 5.41) is 5.84. The third-order valence-corrected chi connectivity index (χ3v) is 7.76. The molecule has 244 valence electrons. The Balaban J connectivity index is 0.000000574. The van der Waals surface area contributed by atoms with Crippen molar-refractivity contribution in [3.05, 3.63) is 77.4 Å². The summed E-state index contributed by atoms with van der Waals surface area (Å²) in [5.41, 5.74) is 0.623. The summed E-state index contributed by atoms with van der Waals surface area (Å²) in [6.45, 7) is 21.0. The fourth-order valence-corrected chi connectivity index (χ4v) is 5.10. The third kappa shape index (κ3) is 12.0. The van der Waals surface area contributed by atoms with Crippen LogP contribution in [0.25, 0.3) is 0 Å². The van der Waals surface area contributed by atoms with E-state index in [-0.39, 0.29) is 11.8 Å². The minimum Gasteiger partial charge on any atom is -0.344 e. The minimum absolute atomic E-state index is 0.129. The van der Waals surface area contributed by atoms with Crippen LogP contribution < -0.4 is 15.4 Å². The Morgan fingerprint density at radius 1 is 0.955 bits per heavy atom. The monoisotopic (exact) mass is 632 g/mol. The molecule has 0 saturated carbocycles. The van der Waals surface area contributed by atoms with Crippen LogP contribution in [0.2, 0.25) is 0 Å². The van der Waals surface area contributed by atoms with E-state index < -0.39 is 40.5 Å². The number of nitrogens with one attached hydrogen (secondary N) is 3. The molecule has 10 heteroatoms. The van der Waals surface area contributed by atoms with Crippen LogP contribution in [-0.4, -0.2) is 55.3 Å². The van der Waals surface area contributed by atoms with Gasteiger partial charge in [-0.15, -0.1) is 0 Å². The maximum atomic E-state index is 13.8. The Kier molecular flexibility index (Phi) is 14.7. The summed E-state index contributed by atoms with van der Waals surface area (Å²) in [6, 6.07) is 9.65. The molecule has 2 rings (SSSR count). The molecule has 3 N–H and O–H groups in total. The van der Waals surface area contributed by atoms with E-state index >= 15 is 0 Å². The lowest BCUT2D eigenvalue weighted by atomic mass is 9.76. The van der Waals surface area contributed by atoms with Crippen molar-refractivity contribution in [3.8, 4) is 0 Å². The van der Waals surface area contributed by atoms with Crippen molar-refractivity contribution >= 4 is 29.7 Å². The lowest BCUT2D eigenvalue weighted by Gasteiger charge is -2.38. The first-order valence-electron chi connectivity index (χ1n) is 14.6. The van der Waals surface area contributed by atoms with Crippen LogP contribution in [0, 0.1) is 29.9 Å². The van der Waals surface area contributed by atoms with Crippen molar-refractivity contribution in [2.24, 2.45) is 11.3 Å². The molecule has 0 saturated heterocycles. The molecule has 3 amide bonds. The van der Waals surface area contributed by atoms with Crippen LogP contribution in [0.5, 0.6) is 0 Å². The lowest BCUT2D eigenvalue weighted by molar-refractivity contribution is -0.139. The summed E-state index contributed by atoms with van der Waals surface area (Å²) in [7, 11) is 3.34. The normalized spacial score (nSPS) is 12.9. The van der Waals surface area contributed by atoms with Crippen LogP contribution >= 0.6 is 11.9 Å². The zero-order valence-corrected chi connectivity index (χ0v) is 28.8. The number of rotatable bonds is 11. The molecule has 0 radical (unpaired) electrons. The zero-order valence-electron chi connectivity index (χ0n) is 28.0.